The summed E-state index contributed by atoms with van der Waals surface area (Å²) >= 11 is 0. The lowest BCUT2D eigenvalue weighted by Crippen LogP contribution is -2.23. The first-order valence-corrected chi connectivity index (χ1v) is 11.2. The number of ether oxygens (including phenoxy) is 2. The average molecular weight is 394 g/mol. The number of nitrogens with one attached hydrogen (secondary N) is 1. The molecule has 3 heteroatoms. The molecule has 1 N–H and O–H groups in total. The van der Waals surface area contributed by atoms with Gasteiger partial charge in [-0.3, -0.25) is 0 Å². The first-order chi connectivity index (χ1) is 14.2. The quantitative estimate of drug-likeness (QED) is 0.564. The zero-order valence-corrected chi connectivity index (χ0v) is 18.4. The number of hydrogen-bond acceptors (Lipinski definition) is 3. The summed E-state index contributed by atoms with van der Waals surface area (Å²) in [5.41, 5.74) is 7.71. The fourth-order valence-corrected chi connectivity index (χ4v) is 4.05. The molecule has 2 aromatic rings. The Morgan fingerprint density at radius 2 is 1.55 bits per heavy atom. The first kappa shape index (κ1) is 21.3. The van der Waals surface area contributed by atoms with E-state index in [4.69, 9.17) is 9.47 Å². The zero-order chi connectivity index (χ0) is 20.6. The van der Waals surface area contributed by atoms with E-state index in [0.717, 1.165) is 50.1 Å². The van der Waals surface area contributed by atoms with Crippen molar-refractivity contribution in [3.05, 3.63) is 58.1 Å². The summed E-state index contributed by atoms with van der Waals surface area (Å²) in [5.74, 6) is 2.07. The van der Waals surface area contributed by atoms with Gasteiger partial charge >= 0.3 is 0 Å². The Kier molecular flexibility index (Phi) is 7.62. The van der Waals surface area contributed by atoms with Crippen molar-refractivity contribution in [2.45, 2.75) is 59.8 Å². The number of fused-ring (bicyclic) bond motifs is 1. The fraction of sp³-hybridized carbons (Fsp3) is 0.462. The molecule has 1 heterocycles. The van der Waals surface area contributed by atoms with E-state index in [0.29, 0.717) is 13.2 Å². The molecule has 0 radical (unpaired) electrons. The monoisotopic (exact) mass is 393 g/mol. The van der Waals surface area contributed by atoms with Crippen LogP contribution in [0.5, 0.6) is 11.5 Å². The highest BCUT2D eigenvalue weighted by molar-refractivity contribution is 5.83. The third kappa shape index (κ3) is 5.14. The molecule has 0 fully saturated rings. The number of rotatable bonds is 9. The van der Waals surface area contributed by atoms with Crippen molar-refractivity contribution < 1.29 is 9.47 Å². The summed E-state index contributed by atoms with van der Waals surface area (Å²) in [5, 5.41) is 3.62. The van der Waals surface area contributed by atoms with E-state index < -0.39 is 0 Å². The normalized spacial score (nSPS) is 14.4. The number of hydrogen-bond donors (Lipinski definition) is 1. The molecule has 2 aromatic carbocycles. The van der Waals surface area contributed by atoms with E-state index >= 15 is 0 Å². The van der Waals surface area contributed by atoms with Crippen LogP contribution in [0, 0.1) is 0 Å². The second kappa shape index (κ2) is 10.4. The third-order valence-corrected chi connectivity index (χ3v) is 5.32. The van der Waals surface area contributed by atoms with Gasteiger partial charge in [-0.1, -0.05) is 32.8 Å². The van der Waals surface area contributed by atoms with Crippen LogP contribution in [0.25, 0.3) is 11.8 Å². The summed E-state index contributed by atoms with van der Waals surface area (Å²) in [6.07, 6.45) is 7.62. The molecule has 3 nitrogen and oxygen atoms in total. The van der Waals surface area contributed by atoms with Crippen molar-refractivity contribution >= 4 is 11.8 Å². The van der Waals surface area contributed by atoms with Gasteiger partial charge in [0, 0.05) is 17.8 Å². The van der Waals surface area contributed by atoms with E-state index in [1.807, 2.05) is 6.92 Å². The van der Waals surface area contributed by atoms with E-state index in [2.05, 4.69) is 62.5 Å². The van der Waals surface area contributed by atoms with Crippen LogP contribution in [-0.2, 0) is 19.3 Å². The molecule has 1 aliphatic rings. The van der Waals surface area contributed by atoms with Crippen molar-refractivity contribution in [3.8, 4) is 11.5 Å². The molecule has 1 aliphatic heterocycles. The predicted octanol–water partition coefficient (Wildman–Crippen LogP) is 6.03. The predicted molar refractivity (Wildman–Crippen MR) is 123 cm³/mol. The standard InChI is InChI=1S/C26H35NO2/c1-5-9-21-15-19(11-12-25(21)28-7-3)16-24-23-17-22(10-6-2)26(29-8-4)18-20(23)13-14-27-24/h11-12,15-18,27H,5-10,13-14H2,1-4H3/b24-16-. The summed E-state index contributed by atoms with van der Waals surface area (Å²) < 4.78 is 11.8. The Hall–Kier alpha value is -2.42. The Morgan fingerprint density at radius 1 is 0.862 bits per heavy atom. The maximum atomic E-state index is 5.93. The molecule has 0 bridgehead atoms. The summed E-state index contributed by atoms with van der Waals surface area (Å²) in [4.78, 5) is 0. The van der Waals surface area contributed by atoms with Crippen molar-refractivity contribution in [2.24, 2.45) is 0 Å². The molecule has 0 unspecified atom stereocenters. The lowest BCUT2D eigenvalue weighted by atomic mass is 9.92. The zero-order valence-electron chi connectivity index (χ0n) is 18.4. The van der Waals surface area contributed by atoms with E-state index in [9.17, 15) is 0 Å². The van der Waals surface area contributed by atoms with Gasteiger partial charge in [0.25, 0.3) is 0 Å². The molecule has 29 heavy (non-hydrogen) atoms. The summed E-state index contributed by atoms with van der Waals surface area (Å²) in [6, 6.07) is 11.2. The molecular formula is C26H35NO2. The Bertz CT molecular complexity index is 854. The second-order valence-electron chi connectivity index (χ2n) is 7.59. The fourth-order valence-electron chi connectivity index (χ4n) is 4.05. The molecule has 0 atom stereocenters. The lowest BCUT2D eigenvalue weighted by Gasteiger charge is -2.24. The Labute approximate surface area is 176 Å². The lowest BCUT2D eigenvalue weighted by molar-refractivity contribution is 0.336. The van der Waals surface area contributed by atoms with Gasteiger partial charge in [0.05, 0.1) is 13.2 Å². The van der Waals surface area contributed by atoms with Gasteiger partial charge in [-0.05, 0) is 85.7 Å². The van der Waals surface area contributed by atoms with Crippen LogP contribution in [0.2, 0.25) is 0 Å². The third-order valence-electron chi connectivity index (χ3n) is 5.32. The molecule has 0 aliphatic carbocycles. The molecule has 0 spiro atoms. The maximum absolute atomic E-state index is 5.93. The molecule has 0 saturated heterocycles. The van der Waals surface area contributed by atoms with Gasteiger partial charge in [-0.2, -0.15) is 0 Å². The van der Waals surface area contributed by atoms with Gasteiger partial charge in [0.1, 0.15) is 11.5 Å². The molecule has 0 aromatic heterocycles. The SMILES string of the molecule is CCCc1cc(/C=C2\NCCc3cc(OCC)c(CCC)cc32)ccc1OCC. The van der Waals surface area contributed by atoms with Gasteiger partial charge in [0.2, 0.25) is 0 Å². The van der Waals surface area contributed by atoms with Crippen molar-refractivity contribution in [2.75, 3.05) is 19.8 Å². The van der Waals surface area contributed by atoms with E-state index in [1.165, 1.54) is 33.5 Å². The highest BCUT2D eigenvalue weighted by Crippen LogP contribution is 2.32. The van der Waals surface area contributed by atoms with Gasteiger partial charge in [0.15, 0.2) is 0 Å². The minimum absolute atomic E-state index is 0.703. The van der Waals surface area contributed by atoms with Crippen molar-refractivity contribution in [1.29, 1.82) is 0 Å². The molecular weight excluding hydrogens is 358 g/mol. The van der Waals surface area contributed by atoms with Gasteiger partial charge in [-0.25, -0.2) is 0 Å². The minimum Gasteiger partial charge on any atom is -0.494 e. The molecule has 0 saturated carbocycles. The highest BCUT2D eigenvalue weighted by atomic mass is 16.5. The number of benzene rings is 2. The van der Waals surface area contributed by atoms with E-state index in [1.54, 1.807) is 0 Å². The van der Waals surface area contributed by atoms with Crippen LogP contribution >= 0.6 is 0 Å². The topological polar surface area (TPSA) is 30.5 Å². The largest absolute Gasteiger partial charge is 0.494 e. The van der Waals surface area contributed by atoms with Crippen LogP contribution in [0.3, 0.4) is 0 Å². The maximum Gasteiger partial charge on any atom is 0.122 e. The molecule has 0 amide bonds. The van der Waals surface area contributed by atoms with Gasteiger partial charge < -0.3 is 14.8 Å². The van der Waals surface area contributed by atoms with Crippen LogP contribution in [0.15, 0.2) is 30.3 Å². The molecule has 3 rings (SSSR count). The van der Waals surface area contributed by atoms with Crippen LogP contribution in [0.4, 0.5) is 0 Å². The minimum atomic E-state index is 0.703. The Morgan fingerprint density at radius 3 is 2.24 bits per heavy atom. The number of aryl methyl sites for hydroxylation is 2. The first-order valence-electron chi connectivity index (χ1n) is 11.2. The molecule has 156 valence electrons. The van der Waals surface area contributed by atoms with Crippen LogP contribution in [-0.4, -0.2) is 19.8 Å². The van der Waals surface area contributed by atoms with E-state index in [-0.39, 0.29) is 0 Å². The van der Waals surface area contributed by atoms with Crippen molar-refractivity contribution in [1.82, 2.24) is 5.32 Å². The highest BCUT2D eigenvalue weighted by Gasteiger charge is 2.18. The average Bonchev–Trinajstić information content (AvgIpc) is 2.71. The second-order valence-corrected chi connectivity index (χ2v) is 7.59. The van der Waals surface area contributed by atoms with Crippen molar-refractivity contribution in [3.63, 3.8) is 0 Å². The summed E-state index contributed by atoms with van der Waals surface area (Å²) in [6.45, 7) is 10.9. The van der Waals surface area contributed by atoms with Crippen LogP contribution in [0.1, 0.15) is 68.4 Å². The Balaban J connectivity index is 1.99. The van der Waals surface area contributed by atoms with Gasteiger partial charge in [-0.15, -0.1) is 0 Å². The summed E-state index contributed by atoms with van der Waals surface area (Å²) in [7, 11) is 0. The smallest absolute Gasteiger partial charge is 0.122 e. The van der Waals surface area contributed by atoms with Crippen LogP contribution < -0.4 is 14.8 Å².